The van der Waals surface area contributed by atoms with Crippen LogP contribution in [0.5, 0.6) is 0 Å². The molecule has 0 unspecified atom stereocenters. The quantitative estimate of drug-likeness (QED) is 0.613. The summed E-state index contributed by atoms with van der Waals surface area (Å²) in [6, 6.07) is 0. The van der Waals surface area contributed by atoms with Gasteiger partial charge >= 0.3 is 5.69 Å². The van der Waals surface area contributed by atoms with Crippen LogP contribution in [-0.4, -0.2) is 45.7 Å². The molecule has 0 bridgehead atoms. The number of nitrogens with zero attached hydrogens (tertiary/aromatic N) is 2. The second-order valence-electron chi connectivity index (χ2n) is 4.38. The van der Waals surface area contributed by atoms with Crippen LogP contribution in [0.4, 0.5) is 5.82 Å². The molecule has 8 heteroatoms. The van der Waals surface area contributed by atoms with Crippen LogP contribution in [0.1, 0.15) is 18.2 Å². The maximum absolute atomic E-state index is 11.9. The van der Waals surface area contributed by atoms with Crippen LogP contribution in [0.25, 0.3) is 0 Å². The molecule has 3 N–H and O–H groups in total. The first kappa shape index (κ1) is 13.9. The molecule has 8 nitrogen and oxygen atoms in total. The van der Waals surface area contributed by atoms with Crippen molar-refractivity contribution in [2.24, 2.45) is 0 Å². The Kier molecular flexibility index (Phi) is 4.15. The lowest BCUT2D eigenvalue weighted by atomic mass is 10.2. The molecule has 2 rings (SSSR count). The van der Waals surface area contributed by atoms with Gasteiger partial charge in [-0.25, -0.2) is 10.3 Å². The summed E-state index contributed by atoms with van der Waals surface area (Å²) in [6.45, 7) is 1.47. The molecule has 2 heterocycles. The van der Waals surface area contributed by atoms with E-state index in [4.69, 9.17) is 14.7 Å². The van der Waals surface area contributed by atoms with Crippen LogP contribution >= 0.6 is 0 Å². The van der Waals surface area contributed by atoms with E-state index in [1.54, 1.807) is 13.1 Å². The topological polar surface area (TPSA) is 106 Å². The number of hydrogen-bond donors (Lipinski definition) is 3. The SMILES string of the molecule is CONc1nc(=O)n([C@H]2C[C@H](O)[C@@H](CO)O2)cc1C. The third-order valence-electron chi connectivity index (χ3n) is 3.03. The van der Waals surface area contributed by atoms with Gasteiger partial charge in [0.2, 0.25) is 0 Å². The first-order chi connectivity index (χ1) is 9.06. The fourth-order valence-electron chi connectivity index (χ4n) is 2.02. The largest absolute Gasteiger partial charge is 0.394 e. The predicted molar refractivity (Wildman–Crippen MR) is 65.5 cm³/mol. The van der Waals surface area contributed by atoms with E-state index in [9.17, 15) is 9.90 Å². The first-order valence-electron chi connectivity index (χ1n) is 5.90. The molecular weight excluding hydrogens is 254 g/mol. The van der Waals surface area contributed by atoms with Crippen LogP contribution in [0.3, 0.4) is 0 Å². The Morgan fingerprint density at radius 2 is 2.42 bits per heavy atom. The number of aliphatic hydroxyl groups is 2. The minimum atomic E-state index is -0.793. The van der Waals surface area contributed by atoms with Crippen molar-refractivity contribution in [3.8, 4) is 0 Å². The fourth-order valence-corrected chi connectivity index (χ4v) is 2.02. The number of rotatable bonds is 4. The molecule has 1 aliphatic heterocycles. The molecule has 106 valence electrons. The van der Waals surface area contributed by atoms with Crippen molar-refractivity contribution >= 4 is 5.82 Å². The Hall–Kier alpha value is -1.48. The molecule has 19 heavy (non-hydrogen) atoms. The number of nitrogens with one attached hydrogen (secondary N) is 1. The van der Waals surface area contributed by atoms with Gasteiger partial charge in [-0.05, 0) is 6.92 Å². The number of aryl methyl sites for hydroxylation is 1. The summed E-state index contributed by atoms with van der Waals surface area (Å²) >= 11 is 0. The van der Waals surface area contributed by atoms with Gasteiger partial charge in [-0.15, -0.1) is 0 Å². The minimum absolute atomic E-state index is 0.239. The van der Waals surface area contributed by atoms with Gasteiger partial charge < -0.3 is 14.9 Å². The maximum Gasteiger partial charge on any atom is 0.351 e. The van der Waals surface area contributed by atoms with E-state index in [1.807, 2.05) is 0 Å². The number of anilines is 1. The Balaban J connectivity index is 2.27. The van der Waals surface area contributed by atoms with E-state index in [-0.39, 0.29) is 13.0 Å². The normalized spacial score (nSPS) is 26.6. The van der Waals surface area contributed by atoms with Crippen molar-refractivity contribution in [3.05, 3.63) is 22.2 Å². The Morgan fingerprint density at radius 3 is 3.00 bits per heavy atom. The Morgan fingerprint density at radius 1 is 1.68 bits per heavy atom. The molecule has 0 aliphatic carbocycles. The molecule has 0 amide bonds. The Bertz CT molecular complexity index is 504. The maximum atomic E-state index is 11.9. The molecule has 1 aromatic heterocycles. The van der Waals surface area contributed by atoms with Gasteiger partial charge in [0, 0.05) is 18.2 Å². The molecule has 0 saturated carbocycles. The van der Waals surface area contributed by atoms with Gasteiger partial charge in [0.1, 0.15) is 12.3 Å². The smallest absolute Gasteiger partial charge is 0.351 e. The van der Waals surface area contributed by atoms with Crippen LogP contribution in [0.15, 0.2) is 11.0 Å². The van der Waals surface area contributed by atoms with Crippen molar-refractivity contribution < 1.29 is 19.8 Å². The highest BCUT2D eigenvalue weighted by molar-refractivity contribution is 5.38. The highest BCUT2D eigenvalue weighted by atomic mass is 16.6. The summed E-state index contributed by atoms with van der Waals surface area (Å²) in [5, 5.41) is 18.7. The van der Waals surface area contributed by atoms with Crippen LogP contribution in [0, 0.1) is 6.92 Å². The van der Waals surface area contributed by atoms with Gasteiger partial charge in [0.15, 0.2) is 5.82 Å². The van der Waals surface area contributed by atoms with Crippen molar-refractivity contribution in [1.82, 2.24) is 9.55 Å². The van der Waals surface area contributed by atoms with Crippen molar-refractivity contribution in [3.63, 3.8) is 0 Å². The lowest BCUT2D eigenvalue weighted by Gasteiger charge is -2.16. The second kappa shape index (κ2) is 5.66. The van der Waals surface area contributed by atoms with E-state index in [0.29, 0.717) is 11.4 Å². The highest BCUT2D eigenvalue weighted by Gasteiger charge is 2.35. The molecule has 1 fully saturated rings. The second-order valence-corrected chi connectivity index (χ2v) is 4.38. The zero-order valence-electron chi connectivity index (χ0n) is 10.7. The molecule has 1 aliphatic rings. The third kappa shape index (κ3) is 2.76. The Labute approximate surface area is 109 Å². The summed E-state index contributed by atoms with van der Waals surface area (Å²) in [7, 11) is 1.43. The van der Waals surface area contributed by atoms with Gasteiger partial charge in [0.25, 0.3) is 0 Å². The molecule has 0 aromatic carbocycles. The number of aromatic nitrogens is 2. The lowest BCUT2D eigenvalue weighted by Crippen LogP contribution is -2.28. The van der Waals surface area contributed by atoms with Gasteiger partial charge in [0.05, 0.1) is 19.8 Å². The van der Waals surface area contributed by atoms with Gasteiger partial charge in [-0.2, -0.15) is 4.98 Å². The van der Waals surface area contributed by atoms with Gasteiger partial charge in [-0.3, -0.25) is 9.40 Å². The van der Waals surface area contributed by atoms with E-state index in [1.165, 1.54) is 11.7 Å². The number of hydrogen-bond acceptors (Lipinski definition) is 7. The van der Waals surface area contributed by atoms with E-state index in [0.717, 1.165) is 0 Å². The standard InChI is InChI=1S/C11H17N3O5/c1-6-4-14(11(17)12-10(6)13-18-2)9-3-7(16)8(5-15)19-9/h4,7-9,15-16H,3,5H2,1-2H3,(H,12,13,17)/t7-,8+,9+/m0/s1. The molecular formula is C11H17N3O5. The molecule has 1 aromatic rings. The molecule has 0 radical (unpaired) electrons. The monoisotopic (exact) mass is 271 g/mol. The summed E-state index contributed by atoms with van der Waals surface area (Å²) in [5.41, 5.74) is 2.70. The average molecular weight is 271 g/mol. The highest BCUT2D eigenvalue weighted by Crippen LogP contribution is 2.27. The summed E-state index contributed by atoms with van der Waals surface area (Å²) in [4.78, 5) is 20.4. The number of ether oxygens (including phenoxy) is 1. The molecule has 1 saturated heterocycles. The van der Waals surface area contributed by atoms with Crippen molar-refractivity contribution in [2.75, 3.05) is 19.2 Å². The predicted octanol–water partition coefficient (Wildman–Crippen LogP) is -0.834. The van der Waals surface area contributed by atoms with Crippen LogP contribution < -0.4 is 11.2 Å². The number of aliphatic hydroxyl groups excluding tert-OH is 2. The zero-order valence-corrected chi connectivity index (χ0v) is 10.7. The average Bonchev–Trinajstić information content (AvgIpc) is 2.75. The van der Waals surface area contributed by atoms with Crippen molar-refractivity contribution in [1.29, 1.82) is 0 Å². The minimum Gasteiger partial charge on any atom is -0.394 e. The molecule has 0 spiro atoms. The fraction of sp³-hybridized carbons (Fsp3) is 0.636. The van der Waals surface area contributed by atoms with E-state index >= 15 is 0 Å². The summed E-state index contributed by atoms with van der Waals surface area (Å²) in [6.07, 6.45) is -0.271. The first-order valence-corrected chi connectivity index (χ1v) is 5.90. The van der Waals surface area contributed by atoms with Crippen LogP contribution in [-0.2, 0) is 9.57 Å². The van der Waals surface area contributed by atoms with Crippen molar-refractivity contribution in [2.45, 2.75) is 31.8 Å². The van der Waals surface area contributed by atoms with E-state index in [2.05, 4.69) is 10.5 Å². The van der Waals surface area contributed by atoms with Gasteiger partial charge in [-0.1, -0.05) is 0 Å². The summed E-state index contributed by atoms with van der Waals surface area (Å²) < 4.78 is 6.72. The van der Waals surface area contributed by atoms with E-state index < -0.39 is 24.1 Å². The molecule has 3 atom stereocenters. The zero-order chi connectivity index (χ0) is 14.0. The third-order valence-corrected chi connectivity index (χ3v) is 3.03. The summed E-state index contributed by atoms with van der Waals surface area (Å²) in [5.74, 6) is 0.334. The lowest BCUT2D eigenvalue weighted by molar-refractivity contribution is -0.0459. The van der Waals surface area contributed by atoms with Crippen LogP contribution in [0.2, 0.25) is 0 Å².